The third kappa shape index (κ3) is 0.825. The minimum atomic E-state index is 0.976. The Labute approximate surface area is 40.3 Å². The van der Waals surface area contributed by atoms with Crippen LogP contribution in [0.4, 0.5) is 0 Å². The van der Waals surface area contributed by atoms with Crippen molar-refractivity contribution < 1.29 is 0 Å². The van der Waals surface area contributed by atoms with Crippen LogP contribution in [0.2, 0.25) is 0 Å². The van der Waals surface area contributed by atoms with Gasteiger partial charge >= 0.3 is 0 Å². The molecule has 0 amide bonds. The quantitative estimate of drug-likeness (QED) is 0.441. The van der Waals surface area contributed by atoms with Crippen molar-refractivity contribution in [2.75, 3.05) is 5.75 Å². The van der Waals surface area contributed by atoms with Gasteiger partial charge in [-0.2, -0.15) is 10.2 Å². The van der Waals surface area contributed by atoms with Gasteiger partial charge in [0, 0.05) is 12.0 Å². The first-order chi connectivity index (χ1) is 3.00. The molecule has 0 saturated carbocycles. The maximum absolute atomic E-state index is 3.60. The van der Waals surface area contributed by atoms with Crippen molar-refractivity contribution in [3.8, 4) is 0 Å². The Morgan fingerprint density at radius 3 is 2.67 bits per heavy atom. The molecule has 1 rings (SSSR count). The number of nitrogens with zero attached hydrogens (tertiary/aromatic N) is 2. The van der Waals surface area contributed by atoms with E-state index in [2.05, 4.69) is 10.2 Å². The van der Waals surface area contributed by atoms with Crippen LogP contribution in [0.25, 0.3) is 0 Å². The van der Waals surface area contributed by atoms with Crippen molar-refractivity contribution in [2.45, 2.75) is 0 Å². The van der Waals surface area contributed by atoms with E-state index >= 15 is 0 Å². The molecule has 0 spiro atoms. The minimum absolute atomic E-state index is 0.976. The summed E-state index contributed by atoms with van der Waals surface area (Å²) in [6.07, 6.45) is 1.78. The van der Waals surface area contributed by atoms with E-state index in [1.807, 2.05) is 0 Å². The van der Waals surface area contributed by atoms with Crippen LogP contribution in [0, 0.1) is 0 Å². The predicted octanol–water partition coefficient (Wildman–Crippen LogP) is 0.747. The second kappa shape index (κ2) is 1.97. The van der Waals surface area contributed by atoms with Gasteiger partial charge in [0.05, 0.1) is 5.55 Å². The Bertz CT molecular complexity index is 74.8. The third-order valence-corrected chi connectivity index (χ3v) is 1.03. The average molecular weight is 100 g/mol. The molecule has 3 heteroatoms. The molecule has 0 aromatic carbocycles. The smallest absolute Gasteiger partial charge is 0.0828 e. The summed E-state index contributed by atoms with van der Waals surface area (Å²) in [5.74, 6) is 0.976. The van der Waals surface area contributed by atoms with Crippen molar-refractivity contribution in [1.29, 1.82) is 0 Å². The molecule has 2 nitrogen and oxygen atoms in total. The minimum Gasteiger partial charge on any atom is -0.162 e. The summed E-state index contributed by atoms with van der Waals surface area (Å²) in [5, 5.41) is 7.19. The average Bonchev–Trinajstić information content (AvgIpc) is 1.72. The van der Waals surface area contributed by atoms with Crippen LogP contribution in [0.1, 0.15) is 0 Å². The lowest BCUT2D eigenvalue weighted by atomic mass is 10.9. The number of hydrogen-bond acceptors (Lipinski definition) is 3. The molecule has 0 aromatic rings. The van der Waals surface area contributed by atoms with Crippen molar-refractivity contribution in [3.05, 3.63) is 0 Å². The molecule has 0 bridgehead atoms. The third-order valence-electron chi connectivity index (χ3n) is 0.441. The Morgan fingerprint density at radius 1 is 1.50 bits per heavy atom. The second-order valence-electron chi connectivity index (χ2n) is 0.852. The van der Waals surface area contributed by atoms with Crippen molar-refractivity contribution in [2.24, 2.45) is 10.2 Å². The largest absolute Gasteiger partial charge is 0.162 e. The summed E-state index contributed by atoms with van der Waals surface area (Å²) < 4.78 is 0. The molecule has 0 unspecified atom stereocenters. The molecule has 0 radical (unpaired) electrons. The summed E-state index contributed by atoms with van der Waals surface area (Å²) in [7, 11) is 0. The van der Waals surface area contributed by atoms with Gasteiger partial charge in [-0.1, -0.05) is 0 Å². The van der Waals surface area contributed by atoms with Gasteiger partial charge in [-0.3, -0.25) is 0 Å². The number of thioether (sulfide) groups is 1. The monoisotopic (exact) mass is 100 g/mol. The lowest BCUT2D eigenvalue weighted by Gasteiger charge is -1.86. The molecule has 1 heterocycles. The predicted molar refractivity (Wildman–Crippen MR) is 29.4 cm³/mol. The maximum atomic E-state index is 3.60. The lowest BCUT2D eigenvalue weighted by molar-refractivity contribution is 1.27. The van der Waals surface area contributed by atoms with Crippen molar-refractivity contribution >= 4 is 23.5 Å². The first kappa shape index (κ1) is 3.87. The molecule has 0 N–H and O–H groups in total. The van der Waals surface area contributed by atoms with E-state index in [4.69, 9.17) is 0 Å². The van der Waals surface area contributed by atoms with E-state index in [-0.39, 0.29) is 0 Å². The van der Waals surface area contributed by atoms with E-state index in [1.165, 1.54) is 0 Å². The van der Waals surface area contributed by atoms with Crippen LogP contribution in [-0.4, -0.2) is 17.5 Å². The Kier molecular flexibility index (Phi) is 1.27. The highest BCUT2D eigenvalue weighted by Crippen LogP contribution is 1.95. The Hall–Kier alpha value is -0.310. The zero-order valence-corrected chi connectivity index (χ0v) is 3.98. The van der Waals surface area contributed by atoms with E-state index in [9.17, 15) is 0 Å². The van der Waals surface area contributed by atoms with Gasteiger partial charge in [-0.15, -0.1) is 11.8 Å². The molecule has 1 aliphatic heterocycles. The summed E-state index contributed by atoms with van der Waals surface area (Å²) in [6.45, 7) is 0. The summed E-state index contributed by atoms with van der Waals surface area (Å²) in [4.78, 5) is 0. The normalized spacial score (nSPS) is 18.7. The molecule has 0 fully saturated rings. The fourth-order valence-corrected chi connectivity index (χ4v) is 0.587. The summed E-state index contributed by atoms with van der Waals surface area (Å²) in [6, 6.07) is 0. The first-order valence-corrected chi connectivity index (χ1v) is 2.70. The SMILES string of the molecule is C1=NN=CSC1. The van der Waals surface area contributed by atoms with Crippen LogP contribution in [0.15, 0.2) is 10.2 Å². The zero-order chi connectivity index (χ0) is 4.24. The molecular weight excluding hydrogens is 96.1 g/mol. The second-order valence-corrected chi connectivity index (χ2v) is 1.73. The van der Waals surface area contributed by atoms with Gasteiger partial charge in [-0.25, -0.2) is 0 Å². The van der Waals surface area contributed by atoms with E-state index in [0.29, 0.717) is 0 Å². The van der Waals surface area contributed by atoms with E-state index < -0.39 is 0 Å². The Morgan fingerprint density at radius 2 is 2.50 bits per heavy atom. The molecule has 0 saturated heterocycles. The van der Waals surface area contributed by atoms with Gasteiger partial charge in [0.15, 0.2) is 0 Å². The molecule has 1 aliphatic rings. The molecule has 0 aliphatic carbocycles. The van der Waals surface area contributed by atoms with Gasteiger partial charge < -0.3 is 0 Å². The van der Waals surface area contributed by atoms with Crippen LogP contribution < -0.4 is 0 Å². The first-order valence-electron chi connectivity index (χ1n) is 1.65. The molecule has 0 atom stereocenters. The van der Waals surface area contributed by atoms with E-state index in [0.717, 1.165) is 5.75 Å². The number of hydrogen-bond donors (Lipinski definition) is 0. The van der Waals surface area contributed by atoms with Crippen LogP contribution in [-0.2, 0) is 0 Å². The van der Waals surface area contributed by atoms with Gasteiger partial charge in [0.25, 0.3) is 0 Å². The van der Waals surface area contributed by atoms with Crippen LogP contribution >= 0.6 is 11.8 Å². The van der Waals surface area contributed by atoms with Crippen molar-refractivity contribution in [3.63, 3.8) is 0 Å². The topological polar surface area (TPSA) is 24.7 Å². The molecule has 0 aromatic heterocycles. The summed E-state index contributed by atoms with van der Waals surface area (Å²) >= 11 is 1.65. The van der Waals surface area contributed by atoms with Crippen LogP contribution in [0.3, 0.4) is 0 Å². The fourth-order valence-electron chi connectivity index (χ4n) is 0.227. The molecule has 32 valence electrons. The molecule has 6 heavy (non-hydrogen) atoms. The fraction of sp³-hybridized carbons (Fsp3) is 0.333. The standard InChI is InChI=1S/C3H4N2S/c1-2-6-3-5-4-1/h1,3H,2H2. The van der Waals surface area contributed by atoms with E-state index in [1.54, 1.807) is 23.5 Å². The Balaban J connectivity index is 2.46. The van der Waals surface area contributed by atoms with Crippen LogP contribution in [0.5, 0.6) is 0 Å². The highest BCUT2D eigenvalue weighted by Gasteiger charge is 1.80. The number of rotatable bonds is 0. The van der Waals surface area contributed by atoms with Gasteiger partial charge in [0.1, 0.15) is 0 Å². The highest BCUT2D eigenvalue weighted by molar-refractivity contribution is 8.12. The highest BCUT2D eigenvalue weighted by atomic mass is 32.2. The maximum Gasteiger partial charge on any atom is 0.0828 e. The van der Waals surface area contributed by atoms with Gasteiger partial charge in [-0.05, 0) is 0 Å². The summed E-state index contributed by atoms with van der Waals surface area (Å²) in [5.41, 5.74) is 1.74. The van der Waals surface area contributed by atoms with Crippen molar-refractivity contribution in [1.82, 2.24) is 0 Å². The lowest BCUT2D eigenvalue weighted by Crippen LogP contribution is -1.82. The van der Waals surface area contributed by atoms with Gasteiger partial charge in [0.2, 0.25) is 0 Å². The zero-order valence-electron chi connectivity index (χ0n) is 3.16. The molecular formula is C3H4N2S.